The van der Waals surface area contributed by atoms with Gasteiger partial charge in [0.15, 0.2) is 0 Å². The summed E-state index contributed by atoms with van der Waals surface area (Å²) in [5.74, 6) is 0.788. The molecule has 1 N–H and O–H groups in total. The smallest absolute Gasteiger partial charge is 0.251 e. The Balaban J connectivity index is 1.44. The van der Waals surface area contributed by atoms with Crippen molar-refractivity contribution in [1.82, 2.24) is 10.2 Å². The SMILES string of the molecule is CCCCN1CCC(NC(=O)c2ccc(OCc3ccccc3)cc2)CC1. The van der Waals surface area contributed by atoms with Crippen LogP contribution in [0, 0.1) is 0 Å². The van der Waals surface area contributed by atoms with Gasteiger partial charge in [-0.05, 0) is 55.6 Å². The maximum Gasteiger partial charge on any atom is 0.251 e. The van der Waals surface area contributed by atoms with Crippen molar-refractivity contribution in [3.63, 3.8) is 0 Å². The van der Waals surface area contributed by atoms with Crippen LogP contribution in [0.5, 0.6) is 5.75 Å². The zero-order valence-corrected chi connectivity index (χ0v) is 16.2. The fourth-order valence-corrected chi connectivity index (χ4v) is 3.39. The van der Waals surface area contributed by atoms with E-state index in [-0.39, 0.29) is 11.9 Å². The normalized spacial score (nSPS) is 15.4. The number of likely N-dealkylation sites (tertiary alicyclic amines) is 1. The highest BCUT2D eigenvalue weighted by Crippen LogP contribution is 2.16. The molecular weight excluding hydrogens is 336 g/mol. The standard InChI is InChI=1S/C23H30N2O2/c1-2-3-15-25-16-13-21(14-17-25)24-23(26)20-9-11-22(12-10-20)27-18-19-7-5-4-6-8-19/h4-12,21H,2-3,13-18H2,1H3,(H,24,26). The average Bonchev–Trinajstić information content (AvgIpc) is 2.73. The molecule has 4 heteroatoms. The Morgan fingerprint density at radius 1 is 1.07 bits per heavy atom. The lowest BCUT2D eigenvalue weighted by molar-refractivity contribution is 0.0910. The predicted octanol–water partition coefficient (Wildman–Crippen LogP) is 4.26. The molecule has 0 saturated carbocycles. The number of carbonyl (C=O) groups is 1. The second kappa shape index (κ2) is 10.1. The van der Waals surface area contributed by atoms with Crippen molar-refractivity contribution in [1.29, 1.82) is 0 Å². The first-order chi connectivity index (χ1) is 13.2. The van der Waals surface area contributed by atoms with E-state index >= 15 is 0 Å². The Morgan fingerprint density at radius 3 is 2.44 bits per heavy atom. The van der Waals surface area contributed by atoms with Crippen molar-refractivity contribution in [2.75, 3.05) is 19.6 Å². The van der Waals surface area contributed by atoms with Crippen LogP contribution < -0.4 is 10.1 Å². The highest BCUT2D eigenvalue weighted by molar-refractivity contribution is 5.94. The summed E-state index contributed by atoms with van der Waals surface area (Å²) in [6.45, 7) is 6.10. The van der Waals surface area contributed by atoms with E-state index in [4.69, 9.17) is 4.74 Å². The largest absolute Gasteiger partial charge is 0.489 e. The van der Waals surface area contributed by atoms with Gasteiger partial charge in [-0.15, -0.1) is 0 Å². The molecule has 0 aliphatic carbocycles. The van der Waals surface area contributed by atoms with Gasteiger partial charge >= 0.3 is 0 Å². The number of benzene rings is 2. The third-order valence-electron chi connectivity index (χ3n) is 5.12. The van der Waals surface area contributed by atoms with Gasteiger partial charge in [0.05, 0.1) is 0 Å². The average molecular weight is 367 g/mol. The molecule has 0 unspecified atom stereocenters. The second-order valence-electron chi connectivity index (χ2n) is 7.24. The Labute approximate surface area is 162 Å². The summed E-state index contributed by atoms with van der Waals surface area (Å²) in [7, 11) is 0. The lowest BCUT2D eigenvalue weighted by Crippen LogP contribution is -2.44. The third-order valence-corrected chi connectivity index (χ3v) is 5.12. The van der Waals surface area contributed by atoms with E-state index in [2.05, 4.69) is 17.1 Å². The number of ether oxygens (including phenoxy) is 1. The molecule has 2 aromatic carbocycles. The number of hydrogen-bond donors (Lipinski definition) is 1. The van der Waals surface area contributed by atoms with Crippen LogP contribution in [0.4, 0.5) is 0 Å². The van der Waals surface area contributed by atoms with Gasteiger partial charge in [-0.1, -0.05) is 43.7 Å². The van der Waals surface area contributed by atoms with Crippen LogP contribution in [0.2, 0.25) is 0 Å². The lowest BCUT2D eigenvalue weighted by atomic mass is 10.0. The number of rotatable bonds is 8. The molecule has 0 radical (unpaired) electrons. The minimum absolute atomic E-state index is 0.0108. The molecule has 1 saturated heterocycles. The monoisotopic (exact) mass is 366 g/mol. The number of nitrogens with one attached hydrogen (secondary N) is 1. The van der Waals surface area contributed by atoms with E-state index in [0.717, 1.165) is 37.2 Å². The molecule has 1 aliphatic rings. The van der Waals surface area contributed by atoms with Crippen molar-refractivity contribution in [2.24, 2.45) is 0 Å². The molecule has 144 valence electrons. The molecule has 0 atom stereocenters. The van der Waals surface area contributed by atoms with Crippen molar-refractivity contribution in [2.45, 2.75) is 45.3 Å². The van der Waals surface area contributed by atoms with Crippen LogP contribution in [0.1, 0.15) is 48.5 Å². The minimum Gasteiger partial charge on any atom is -0.489 e. The molecule has 1 heterocycles. The molecule has 4 nitrogen and oxygen atoms in total. The zero-order chi connectivity index (χ0) is 18.9. The minimum atomic E-state index is 0.0108. The van der Waals surface area contributed by atoms with E-state index in [9.17, 15) is 4.79 Å². The molecule has 27 heavy (non-hydrogen) atoms. The first-order valence-corrected chi connectivity index (χ1v) is 10.0. The highest BCUT2D eigenvalue weighted by atomic mass is 16.5. The van der Waals surface area contributed by atoms with Crippen LogP contribution >= 0.6 is 0 Å². The third kappa shape index (κ3) is 6.10. The molecule has 1 fully saturated rings. The summed E-state index contributed by atoms with van der Waals surface area (Å²) in [6, 6.07) is 17.8. The topological polar surface area (TPSA) is 41.6 Å². The molecule has 3 rings (SSSR count). The van der Waals surface area contributed by atoms with Gasteiger partial charge in [0.2, 0.25) is 0 Å². The molecule has 1 aliphatic heterocycles. The van der Waals surface area contributed by atoms with E-state index in [1.807, 2.05) is 54.6 Å². The zero-order valence-electron chi connectivity index (χ0n) is 16.2. The van der Waals surface area contributed by atoms with Gasteiger partial charge < -0.3 is 15.0 Å². The number of amides is 1. The fourth-order valence-electron chi connectivity index (χ4n) is 3.39. The maximum absolute atomic E-state index is 12.5. The van der Waals surface area contributed by atoms with Crippen LogP contribution in [-0.4, -0.2) is 36.5 Å². The summed E-state index contributed by atoms with van der Waals surface area (Å²) in [4.78, 5) is 15.0. The number of unbranched alkanes of at least 4 members (excludes halogenated alkanes) is 1. The molecule has 0 aromatic heterocycles. The number of hydrogen-bond acceptors (Lipinski definition) is 3. The van der Waals surface area contributed by atoms with Gasteiger partial charge in [0.25, 0.3) is 5.91 Å². The van der Waals surface area contributed by atoms with Gasteiger partial charge in [-0.3, -0.25) is 4.79 Å². The van der Waals surface area contributed by atoms with Crippen molar-refractivity contribution in [3.05, 3.63) is 65.7 Å². The first kappa shape index (κ1) is 19.4. The Hall–Kier alpha value is -2.33. The summed E-state index contributed by atoms with van der Waals surface area (Å²) < 4.78 is 5.78. The number of piperidine rings is 1. The predicted molar refractivity (Wildman–Crippen MR) is 109 cm³/mol. The summed E-state index contributed by atoms with van der Waals surface area (Å²) in [5.41, 5.74) is 1.82. The summed E-state index contributed by atoms with van der Waals surface area (Å²) >= 11 is 0. The molecular formula is C23H30N2O2. The van der Waals surface area contributed by atoms with Gasteiger partial charge in [0, 0.05) is 24.7 Å². The summed E-state index contributed by atoms with van der Waals surface area (Å²) in [6.07, 6.45) is 4.57. The van der Waals surface area contributed by atoms with Crippen molar-refractivity contribution >= 4 is 5.91 Å². The number of carbonyl (C=O) groups excluding carboxylic acids is 1. The van der Waals surface area contributed by atoms with E-state index in [1.165, 1.54) is 19.4 Å². The first-order valence-electron chi connectivity index (χ1n) is 10.0. The Bertz CT molecular complexity index is 692. The fraction of sp³-hybridized carbons (Fsp3) is 0.435. The molecule has 0 bridgehead atoms. The van der Waals surface area contributed by atoms with E-state index in [0.29, 0.717) is 12.2 Å². The van der Waals surface area contributed by atoms with Gasteiger partial charge in [-0.2, -0.15) is 0 Å². The Morgan fingerprint density at radius 2 is 1.78 bits per heavy atom. The number of nitrogens with zero attached hydrogens (tertiary/aromatic N) is 1. The second-order valence-corrected chi connectivity index (χ2v) is 7.24. The van der Waals surface area contributed by atoms with Crippen LogP contribution in [0.25, 0.3) is 0 Å². The van der Waals surface area contributed by atoms with Crippen LogP contribution in [0.3, 0.4) is 0 Å². The molecule has 0 spiro atoms. The van der Waals surface area contributed by atoms with Crippen LogP contribution in [0.15, 0.2) is 54.6 Å². The molecule has 1 amide bonds. The Kier molecular flexibility index (Phi) is 7.28. The van der Waals surface area contributed by atoms with Crippen molar-refractivity contribution < 1.29 is 9.53 Å². The van der Waals surface area contributed by atoms with Gasteiger partial charge in [0.1, 0.15) is 12.4 Å². The van der Waals surface area contributed by atoms with E-state index in [1.54, 1.807) is 0 Å². The quantitative estimate of drug-likeness (QED) is 0.759. The molecule has 2 aromatic rings. The maximum atomic E-state index is 12.5. The van der Waals surface area contributed by atoms with E-state index < -0.39 is 0 Å². The van der Waals surface area contributed by atoms with Gasteiger partial charge in [-0.25, -0.2) is 0 Å². The summed E-state index contributed by atoms with van der Waals surface area (Å²) in [5, 5.41) is 3.18. The lowest BCUT2D eigenvalue weighted by Gasteiger charge is -2.32. The van der Waals surface area contributed by atoms with Crippen molar-refractivity contribution in [3.8, 4) is 5.75 Å². The van der Waals surface area contributed by atoms with Crippen LogP contribution in [-0.2, 0) is 6.61 Å². The highest BCUT2D eigenvalue weighted by Gasteiger charge is 2.20.